The Morgan fingerprint density at radius 3 is 2.21 bits per heavy atom. The number of hydrogen-bond acceptors (Lipinski definition) is 8. The van der Waals surface area contributed by atoms with Crippen LogP contribution >= 0.6 is 0 Å². The molecule has 1 aliphatic carbocycles. The van der Waals surface area contributed by atoms with Crippen LogP contribution in [0.5, 0.6) is 0 Å². The molecule has 0 spiro atoms. The summed E-state index contributed by atoms with van der Waals surface area (Å²) in [6.07, 6.45) is 7.64. The molecule has 5 rings (SSSR count). The molecule has 1 aromatic heterocycles. The van der Waals surface area contributed by atoms with Gasteiger partial charge in [-0.3, -0.25) is 4.79 Å². The summed E-state index contributed by atoms with van der Waals surface area (Å²) in [5.74, 6) is -4.11. The summed E-state index contributed by atoms with van der Waals surface area (Å²) in [4.78, 5) is 40.2. The highest BCUT2D eigenvalue weighted by Crippen LogP contribution is 2.35. The average Bonchev–Trinajstić information content (AvgIpc) is 3.69. The fourth-order valence-electron chi connectivity index (χ4n) is 5.68. The summed E-state index contributed by atoms with van der Waals surface area (Å²) in [6, 6.07) is 0.775. The van der Waals surface area contributed by atoms with Crippen LogP contribution < -0.4 is 10.2 Å². The van der Waals surface area contributed by atoms with Crippen LogP contribution in [0, 0.1) is 28.9 Å². The number of benzene rings is 1. The van der Waals surface area contributed by atoms with E-state index in [0.29, 0.717) is 24.7 Å². The standard InChI is InChI=1S/C29H34F3N7O3/c1-29(2,3)42-28(41)36-25-15-38(14-21(25)20-10-23(31)24(32)11-22(20)30)27-34-12-17(13-35-27)26(40)39(18-4-5-18)19-6-8-37(16-33)9-7-19/h10-13,18-19,21,25H,4-9,14-15H2,1-3H3,(H,36,41)/t21-,25+/m1/s1. The smallest absolute Gasteiger partial charge is 0.407 e. The van der Waals surface area contributed by atoms with E-state index in [0.717, 1.165) is 31.7 Å². The van der Waals surface area contributed by atoms with Crippen LogP contribution in [-0.2, 0) is 4.74 Å². The third-order valence-electron chi connectivity index (χ3n) is 7.80. The molecule has 2 aliphatic heterocycles. The molecular weight excluding hydrogens is 551 g/mol. The number of amides is 2. The molecule has 1 N–H and O–H groups in total. The van der Waals surface area contributed by atoms with Gasteiger partial charge < -0.3 is 24.8 Å². The second-order valence-corrected chi connectivity index (χ2v) is 12.1. The van der Waals surface area contributed by atoms with Gasteiger partial charge in [0.15, 0.2) is 17.8 Å². The van der Waals surface area contributed by atoms with Crippen molar-refractivity contribution in [3.05, 3.63) is 53.1 Å². The highest BCUT2D eigenvalue weighted by Gasteiger charge is 2.41. The highest BCUT2D eigenvalue weighted by molar-refractivity contribution is 5.94. The van der Waals surface area contributed by atoms with Gasteiger partial charge >= 0.3 is 6.09 Å². The largest absolute Gasteiger partial charge is 0.444 e. The van der Waals surface area contributed by atoms with E-state index < -0.39 is 41.1 Å². The Bertz CT molecular complexity index is 1370. The van der Waals surface area contributed by atoms with Crippen molar-refractivity contribution in [2.24, 2.45) is 0 Å². The number of halogens is 3. The van der Waals surface area contributed by atoms with Gasteiger partial charge in [0.25, 0.3) is 5.91 Å². The number of anilines is 1. The lowest BCUT2D eigenvalue weighted by atomic mass is 9.93. The Balaban J connectivity index is 1.34. The van der Waals surface area contributed by atoms with Gasteiger partial charge in [0.2, 0.25) is 5.95 Å². The quantitative estimate of drug-likeness (QED) is 0.401. The van der Waals surface area contributed by atoms with Crippen LogP contribution in [0.25, 0.3) is 0 Å². The second kappa shape index (κ2) is 11.7. The first-order valence-electron chi connectivity index (χ1n) is 14.1. The lowest BCUT2D eigenvalue weighted by Crippen LogP contribution is -2.47. The Morgan fingerprint density at radius 1 is 1.00 bits per heavy atom. The highest BCUT2D eigenvalue weighted by atomic mass is 19.2. The van der Waals surface area contributed by atoms with Crippen molar-refractivity contribution in [3.8, 4) is 6.19 Å². The summed E-state index contributed by atoms with van der Waals surface area (Å²) in [6.45, 7) is 6.58. The summed E-state index contributed by atoms with van der Waals surface area (Å²) in [5, 5.41) is 11.9. The number of carbonyl (C=O) groups excluding carboxylic acids is 2. The van der Waals surface area contributed by atoms with Crippen molar-refractivity contribution in [2.45, 2.75) is 76.1 Å². The van der Waals surface area contributed by atoms with E-state index in [-0.39, 0.29) is 42.6 Å². The fraction of sp³-hybridized carbons (Fsp3) is 0.552. The normalized spacial score (nSPS) is 21.2. The SMILES string of the molecule is CC(C)(C)OC(=O)N[C@H]1CN(c2ncc(C(=O)N(C3CC3)C3CCN(C#N)CC3)cn2)C[C@@H]1c1cc(F)c(F)cc1F. The van der Waals surface area contributed by atoms with E-state index in [1.54, 1.807) is 30.6 Å². The first-order valence-corrected chi connectivity index (χ1v) is 14.1. The maximum absolute atomic E-state index is 14.8. The number of aromatic nitrogens is 2. The third kappa shape index (κ3) is 6.53. The lowest BCUT2D eigenvalue weighted by Gasteiger charge is -2.37. The number of carbonyl (C=O) groups is 2. The predicted octanol–water partition coefficient (Wildman–Crippen LogP) is 3.94. The van der Waals surface area contributed by atoms with Crippen molar-refractivity contribution in [1.82, 2.24) is 25.1 Å². The molecule has 10 nitrogen and oxygen atoms in total. The molecule has 13 heteroatoms. The zero-order valence-electron chi connectivity index (χ0n) is 23.8. The number of hydrogen-bond donors (Lipinski definition) is 1. The number of likely N-dealkylation sites (tertiary alicyclic amines) is 1. The molecular formula is C29H34F3N7O3. The maximum Gasteiger partial charge on any atom is 0.407 e. The van der Waals surface area contributed by atoms with Gasteiger partial charge in [-0.2, -0.15) is 5.26 Å². The molecule has 0 unspecified atom stereocenters. The van der Waals surface area contributed by atoms with Gasteiger partial charge in [-0.1, -0.05) is 0 Å². The summed E-state index contributed by atoms with van der Waals surface area (Å²) in [5.41, 5.74) is -0.538. The minimum atomic E-state index is -1.30. The number of nitrogens with one attached hydrogen (secondary N) is 1. The number of ether oxygens (including phenoxy) is 1. The molecule has 0 radical (unpaired) electrons. The van der Waals surface area contributed by atoms with E-state index >= 15 is 0 Å². The first-order chi connectivity index (χ1) is 19.9. The Labute approximate surface area is 242 Å². The van der Waals surface area contributed by atoms with Gasteiger partial charge in [0.05, 0.1) is 11.6 Å². The van der Waals surface area contributed by atoms with Gasteiger partial charge in [0, 0.05) is 62.6 Å². The molecule has 2 amide bonds. The molecule has 42 heavy (non-hydrogen) atoms. The van der Waals surface area contributed by atoms with Gasteiger partial charge in [-0.05, 0) is 58.1 Å². The number of nitrogens with zero attached hydrogens (tertiary/aromatic N) is 6. The molecule has 3 heterocycles. The second-order valence-electron chi connectivity index (χ2n) is 12.1. The van der Waals surface area contributed by atoms with Crippen molar-refractivity contribution in [1.29, 1.82) is 5.26 Å². The van der Waals surface area contributed by atoms with Crippen LogP contribution in [0.3, 0.4) is 0 Å². The number of rotatable bonds is 6. The number of alkyl carbamates (subject to hydrolysis) is 1. The third-order valence-corrected chi connectivity index (χ3v) is 7.80. The summed E-state index contributed by atoms with van der Waals surface area (Å²) in [7, 11) is 0. The van der Waals surface area contributed by atoms with Crippen molar-refractivity contribution in [2.75, 3.05) is 31.1 Å². The van der Waals surface area contributed by atoms with Crippen LogP contribution in [-0.4, -0.2) is 81.7 Å². The van der Waals surface area contributed by atoms with Crippen molar-refractivity contribution < 1.29 is 27.5 Å². The number of nitriles is 1. The zero-order valence-corrected chi connectivity index (χ0v) is 23.8. The van der Waals surface area contributed by atoms with Crippen molar-refractivity contribution in [3.63, 3.8) is 0 Å². The minimum absolute atomic E-state index is 0.0410. The van der Waals surface area contributed by atoms with E-state index in [4.69, 9.17) is 10.00 Å². The van der Waals surface area contributed by atoms with Crippen LogP contribution in [0.2, 0.25) is 0 Å². The molecule has 3 aliphatic rings. The van der Waals surface area contributed by atoms with Gasteiger partial charge in [-0.25, -0.2) is 27.9 Å². The van der Waals surface area contributed by atoms with Crippen molar-refractivity contribution >= 4 is 17.9 Å². The van der Waals surface area contributed by atoms with Crippen LogP contribution in [0.1, 0.15) is 68.3 Å². The molecule has 3 fully saturated rings. The van der Waals surface area contributed by atoms with E-state index in [1.165, 1.54) is 12.4 Å². The maximum atomic E-state index is 14.8. The molecule has 2 aromatic rings. The van der Waals surface area contributed by atoms with Gasteiger partial charge in [-0.15, -0.1) is 0 Å². The predicted molar refractivity (Wildman–Crippen MR) is 146 cm³/mol. The van der Waals surface area contributed by atoms with Gasteiger partial charge in [0.1, 0.15) is 11.4 Å². The molecule has 1 saturated carbocycles. The topological polar surface area (TPSA) is 115 Å². The van der Waals surface area contributed by atoms with E-state index in [1.807, 2.05) is 4.90 Å². The molecule has 2 atom stereocenters. The zero-order chi connectivity index (χ0) is 30.2. The monoisotopic (exact) mass is 585 g/mol. The molecule has 1 aromatic carbocycles. The summed E-state index contributed by atoms with van der Waals surface area (Å²) >= 11 is 0. The van der Waals surface area contributed by atoms with Crippen LogP contribution in [0.4, 0.5) is 23.9 Å². The van der Waals surface area contributed by atoms with E-state index in [9.17, 15) is 22.8 Å². The Hall–Kier alpha value is -4.08. The fourth-order valence-corrected chi connectivity index (χ4v) is 5.68. The van der Waals surface area contributed by atoms with E-state index in [2.05, 4.69) is 21.5 Å². The molecule has 2 saturated heterocycles. The lowest BCUT2D eigenvalue weighted by molar-refractivity contribution is 0.0503. The number of piperidine rings is 1. The Kier molecular flexibility index (Phi) is 8.17. The molecule has 0 bridgehead atoms. The first kappa shape index (κ1) is 29.4. The molecule has 224 valence electrons. The van der Waals surface area contributed by atoms with Crippen LogP contribution in [0.15, 0.2) is 24.5 Å². The average molecular weight is 586 g/mol. The Morgan fingerprint density at radius 2 is 1.62 bits per heavy atom. The minimum Gasteiger partial charge on any atom is -0.444 e. The summed E-state index contributed by atoms with van der Waals surface area (Å²) < 4.78 is 48.0.